The predicted octanol–water partition coefficient (Wildman–Crippen LogP) is 5.00. The molecule has 2 aromatic carbocycles. The number of nitrogens with zero attached hydrogens (tertiary/aromatic N) is 1. The van der Waals surface area contributed by atoms with Crippen molar-refractivity contribution in [1.82, 2.24) is 10.2 Å². The molecule has 1 unspecified atom stereocenters. The molecule has 1 saturated heterocycles. The highest BCUT2D eigenvalue weighted by Gasteiger charge is 2.48. The Morgan fingerprint density at radius 2 is 1.93 bits per heavy atom. The van der Waals surface area contributed by atoms with Gasteiger partial charge >= 0.3 is 0 Å². The van der Waals surface area contributed by atoms with Crippen molar-refractivity contribution in [2.75, 3.05) is 6.54 Å². The summed E-state index contributed by atoms with van der Waals surface area (Å²) in [4.78, 5) is 27.1. The van der Waals surface area contributed by atoms with E-state index in [2.05, 4.69) is 21.2 Å². The fourth-order valence-corrected chi connectivity index (χ4v) is 4.23. The number of carbonyl (C=O) groups excluding carboxylic acids is 2. The molecule has 28 heavy (non-hydrogen) atoms. The fourth-order valence-electron chi connectivity index (χ4n) is 3.30. The topological polar surface area (TPSA) is 49.4 Å². The summed E-state index contributed by atoms with van der Waals surface area (Å²) in [5, 5.41) is 4.08. The van der Waals surface area contributed by atoms with E-state index in [0.717, 1.165) is 15.6 Å². The van der Waals surface area contributed by atoms with Crippen LogP contribution in [-0.2, 0) is 22.6 Å². The normalized spacial score (nSPS) is 18.5. The number of amides is 2. The van der Waals surface area contributed by atoms with Crippen molar-refractivity contribution in [3.8, 4) is 0 Å². The minimum atomic E-state index is -0.803. The lowest BCUT2D eigenvalue weighted by Crippen LogP contribution is -2.67. The Labute approximate surface area is 183 Å². The molecule has 1 aliphatic heterocycles. The van der Waals surface area contributed by atoms with Crippen LogP contribution in [0.4, 0.5) is 0 Å². The lowest BCUT2D eigenvalue weighted by molar-refractivity contribution is -0.157. The number of nitrogens with one attached hydrogen (secondary N) is 1. The molecule has 148 valence electrons. The number of hydrogen-bond donors (Lipinski definition) is 1. The highest BCUT2D eigenvalue weighted by atomic mass is 79.9. The minimum absolute atomic E-state index is 0.0455. The van der Waals surface area contributed by atoms with E-state index in [1.165, 1.54) is 0 Å². The summed E-state index contributed by atoms with van der Waals surface area (Å²) in [5.41, 5.74) is 1.07. The maximum absolute atomic E-state index is 12.8. The third-order valence-electron chi connectivity index (χ3n) is 5.23. The summed E-state index contributed by atoms with van der Waals surface area (Å²) in [7, 11) is 0. The zero-order chi connectivity index (χ0) is 20.3. The third kappa shape index (κ3) is 4.53. The molecule has 1 atom stereocenters. The first-order chi connectivity index (χ1) is 13.3. The molecular weight excluding hydrogens is 463 g/mol. The first-order valence-corrected chi connectivity index (χ1v) is 10.6. The van der Waals surface area contributed by atoms with E-state index in [0.29, 0.717) is 42.4 Å². The quantitative estimate of drug-likeness (QED) is 0.628. The average Bonchev–Trinajstić information content (AvgIpc) is 2.65. The van der Waals surface area contributed by atoms with Crippen LogP contribution in [0.15, 0.2) is 46.9 Å². The van der Waals surface area contributed by atoms with Gasteiger partial charge in [0.05, 0.1) is 0 Å². The summed E-state index contributed by atoms with van der Waals surface area (Å²) < 4.78 is 0.946. The number of aryl methyl sites for hydroxylation is 1. The van der Waals surface area contributed by atoms with E-state index in [1.54, 1.807) is 17.0 Å². The molecule has 0 saturated carbocycles. The van der Waals surface area contributed by atoms with Gasteiger partial charge in [-0.25, -0.2) is 0 Å². The lowest BCUT2D eigenvalue weighted by Gasteiger charge is -2.49. The number of benzene rings is 2. The van der Waals surface area contributed by atoms with Gasteiger partial charge in [-0.05, 0) is 49.1 Å². The Hall–Kier alpha value is -1.56. The highest BCUT2D eigenvalue weighted by Crippen LogP contribution is 2.32. The zero-order valence-electron chi connectivity index (χ0n) is 15.5. The second kappa shape index (κ2) is 8.85. The second-order valence-corrected chi connectivity index (χ2v) is 8.78. The molecule has 2 amide bonds. The molecule has 1 fully saturated rings. The third-order valence-corrected chi connectivity index (χ3v) is 6.59. The predicted molar refractivity (Wildman–Crippen MR) is 116 cm³/mol. The van der Waals surface area contributed by atoms with Gasteiger partial charge in [-0.1, -0.05) is 63.4 Å². The molecule has 4 nitrogen and oxygen atoms in total. The van der Waals surface area contributed by atoms with Gasteiger partial charge in [-0.2, -0.15) is 0 Å². The van der Waals surface area contributed by atoms with E-state index in [9.17, 15) is 9.59 Å². The molecule has 1 aliphatic rings. The van der Waals surface area contributed by atoms with Crippen molar-refractivity contribution in [3.63, 3.8) is 0 Å². The van der Waals surface area contributed by atoms with E-state index < -0.39 is 5.54 Å². The van der Waals surface area contributed by atoms with Gasteiger partial charge < -0.3 is 10.2 Å². The summed E-state index contributed by atoms with van der Waals surface area (Å²) in [6, 6.07) is 13.0. The molecule has 1 heterocycles. The van der Waals surface area contributed by atoms with Crippen LogP contribution in [0, 0.1) is 0 Å². The fraction of sp³-hybridized carbons (Fsp3) is 0.333. The van der Waals surface area contributed by atoms with E-state index in [-0.39, 0.29) is 11.8 Å². The van der Waals surface area contributed by atoms with Gasteiger partial charge in [0, 0.05) is 34.0 Å². The maximum atomic E-state index is 12.8. The van der Waals surface area contributed by atoms with Crippen LogP contribution in [0.3, 0.4) is 0 Å². The van der Waals surface area contributed by atoms with Crippen LogP contribution in [-0.4, -0.2) is 28.8 Å². The van der Waals surface area contributed by atoms with E-state index in [1.807, 2.05) is 37.3 Å². The Kier molecular flexibility index (Phi) is 6.69. The zero-order valence-corrected chi connectivity index (χ0v) is 18.6. The standard InChI is InChI=1S/C21H21BrCl2N2O2/c1-21(20(28)25-13-15-4-2-3-5-17(15)22)10-11-26(21)19(27)9-7-14-6-8-16(23)12-18(14)24/h2-6,8,12H,7,9-11,13H2,1H3,(H,25,28). The van der Waals surface area contributed by atoms with Crippen molar-refractivity contribution < 1.29 is 9.59 Å². The molecule has 7 heteroatoms. The number of halogens is 3. The van der Waals surface area contributed by atoms with Crippen molar-refractivity contribution in [1.29, 1.82) is 0 Å². The van der Waals surface area contributed by atoms with Crippen LogP contribution in [0.5, 0.6) is 0 Å². The largest absolute Gasteiger partial charge is 0.350 e. The van der Waals surface area contributed by atoms with Crippen molar-refractivity contribution in [3.05, 3.63) is 68.1 Å². The van der Waals surface area contributed by atoms with Crippen LogP contribution >= 0.6 is 39.1 Å². The average molecular weight is 484 g/mol. The molecule has 0 bridgehead atoms. The Morgan fingerprint density at radius 3 is 2.57 bits per heavy atom. The molecule has 3 rings (SSSR count). The second-order valence-electron chi connectivity index (χ2n) is 7.08. The first-order valence-electron chi connectivity index (χ1n) is 9.07. The summed E-state index contributed by atoms with van der Waals surface area (Å²) >= 11 is 15.6. The monoisotopic (exact) mass is 482 g/mol. The first kappa shape index (κ1) is 21.2. The SMILES string of the molecule is CC1(C(=O)NCc2ccccc2Br)CCN1C(=O)CCc1ccc(Cl)cc1Cl. The van der Waals surface area contributed by atoms with E-state index in [4.69, 9.17) is 23.2 Å². The molecular formula is C21H21BrCl2N2O2. The lowest BCUT2D eigenvalue weighted by atomic mass is 9.85. The van der Waals surface area contributed by atoms with Gasteiger partial charge in [0.2, 0.25) is 11.8 Å². The molecule has 0 radical (unpaired) electrons. The van der Waals surface area contributed by atoms with Crippen LogP contribution in [0.1, 0.15) is 30.9 Å². The molecule has 2 aromatic rings. The Balaban J connectivity index is 1.57. The number of likely N-dealkylation sites (tertiary alicyclic amines) is 1. The summed E-state index contributed by atoms with van der Waals surface area (Å²) in [6.45, 7) is 2.82. The Bertz CT molecular complexity index is 906. The van der Waals surface area contributed by atoms with Crippen LogP contribution < -0.4 is 5.32 Å². The minimum Gasteiger partial charge on any atom is -0.350 e. The van der Waals surface area contributed by atoms with Gasteiger partial charge in [-0.3, -0.25) is 9.59 Å². The van der Waals surface area contributed by atoms with Crippen LogP contribution in [0.25, 0.3) is 0 Å². The number of rotatable bonds is 6. The van der Waals surface area contributed by atoms with Gasteiger partial charge in [0.1, 0.15) is 5.54 Å². The number of carbonyl (C=O) groups is 2. The summed E-state index contributed by atoms with van der Waals surface area (Å²) in [5.74, 6) is -0.178. The van der Waals surface area contributed by atoms with Crippen molar-refractivity contribution in [2.24, 2.45) is 0 Å². The van der Waals surface area contributed by atoms with Gasteiger partial charge in [0.15, 0.2) is 0 Å². The highest BCUT2D eigenvalue weighted by molar-refractivity contribution is 9.10. The van der Waals surface area contributed by atoms with E-state index >= 15 is 0 Å². The number of hydrogen-bond acceptors (Lipinski definition) is 2. The summed E-state index contributed by atoms with van der Waals surface area (Å²) in [6.07, 6.45) is 1.47. The molecule has 1 N–H and O–H groups in total. The Morgan fingerprint density at radius 1 is 1.18 bits per heavy atom. The van der Waals surface area contributed by atoms with Gasteiger partial charge in [0.25, 0.3) is 0 Å². The maximum Gasteiger partial charge on any atom is 0.246 e. The van der Waals surface area contributed by atoms with Crippen LogP contribution in [0.2, 0.25) is 10.0 Å². The van der Waals surface area contributed by atoms with Gasteiger partial charge in [-0.15, -0.1) is 0 Å². The molecule has 0 spiro atoms. The van der Waals surface area contributed by atoms with Crippen molar-refractivity contribution >= 4 is 50.9 Å². The smallest absolute Gasteiger partial charge is 0.246 e. The molecule has 0 aliphatic carbocycles. The van der Waals surface area contributed by atoms with Crippen molar-refractivity contribution in [2.45, 2.75) is 38.3 Å². The molecule has 0 aromatic heterocycles.